The molecule has 6 heterocycles. The van der Waals surface area contributed by atoms with Crippen molar-refractivity contribution < 1.29 is 40.7 Å². The van der Waals surface area contributed by atoms with Gasteiger partial charge in [-0.05, 0) is 198 Å². The molecule has 4 amide bonds. The van der Waals surface area contributed by atoms with Crippen LogP contribution in [0.15, 0.2) is 130 Å². The number of carbonyl (C=O) groups is 3. The maximum Gasteiger partial charge on any atom is 0.342 e. The second-order valence-corrected chi connectivity index (χ2v) is 27.9. The van der Waals surface area contributed by atoms with Crippen molar-refractivity contribution >= 4 is 79.6 Å². The Bertz CT molecular complexity index is 3740. The Balaban J connectivity index is 0.000000129. The number of hydrogen-bond acceptors (Lipinski definition) is 12. The molecule has 6 aromatic rings. The minimum Gasteiger partial charge on any atom is -0.323 e. The SMILES string of the molecule is CC(=O)N1N=C(c2cc(F)ccc2F)SC12CCCc1sccc12.CN1CCC(N(C)C(=O)N2N=C(c3cc(F)ccc3F)SC23CCCc2ccccc23)CC1.O=C([C@@H]1CCCCN1)N1N=C(c2cc(F)ccc2F)SC12CCCc1ccccc12. The highest BCUT2D eigenvalue weighted by Gasteiger charge is 2.55. The molecule has 1 aromatic heterocycles. The van der Waals surface area contributed by atoms with E-state index in [0.29, 0.717) is 21.6 Å². The van der Waals surface area contributed by atoms with E-state index >= 15 is 0 Å². The number of halogens is 6. The number of amides is 4. The number of hydrogen-bond donors (Lipinski definition) is 1. The second-order valence-electron chi connectivity index (χ2n) is 23.1. The maximum absolute atomic E-state index is 14.7. The Morgan fingerprint density at radius 3 is 1.54 bits per heavy atom. The van der Waals surface area contributed by atoms with Crippen LogP contribution in [0.25, 0.3) is 0 Å². The minimum atomic E-state index is -0.764. The van der Waals surface area contributed by atoms with E-state index in [4.69, 9.17) is 0 Å². The zero-order chi connectivity index (χ0) is 60.8. The fraction of sp³-hybridized carbons (Fsp3) is 0.385. The van der Waals surface area contributed by atoms with Crippen LogP contribution in [0.2, 0.25) is 0 Å². The zero-order valence-corrected chi connectivity index (χ0v) is 51.6. The van der Waals surface area contributed by atoms with Gasteiger partial charge in [-0.1, -0.05) is 90.2 Å². The number of thiophene rings is 1. The van der Waals surface area contributed by atoms with Crippen molar-refractivity contribution in [3.05, 3.63) is 199 Å². The molecule has 14 rings (SSSR count). The number of thioether (sulfide) groups is 3. The van der Waals surface area contributed by atoms with Crippen molar-refractivity contribution in [2.24, 2.45) is 15.3 Å². The van der Waals surface area contributed by atoms with Crippen LogP contribution >= 0.6 is 46.6 Å². The number of hydrazone groups is 3. The Morgan fingerprint density at radius 2 is 1.03 bits per heavy atom. The predicted molar refractivity (Wildman–Crippen MR) is 333 cm³/mol. The van der Waals surface area contributed by atoms with Gasteiger partial charge in [0.15, 0.2) is 0 Å². The smallest absolute Gasteiger partial charge is 0.323 e. The van der Waals surface area contributed by atoms with E-state index < -0.39 is 49.5 Å². The Kier molecular flexibility index (Phi) is 17.6. The summed E-state index contributed by atoms with van der Waals surface area (Å²) in [4.78, 5) is 42.9. The van der Waals surface area contributed by atoms with Crippen LogP contribution in [0.1, 0.15) is 127 Å². The number of nitrogens with one attached hydrogen (secondary N) is 1. The lowest BCUT2D eigenvalue weighted by molar-refractivity contribution is -0.138. The molecule has 8 aliphatic rings. The van der Waals surface area contributed by atoms with Crippen molar-refractivity contribution in [1.82, 2.24) is 30.1 Å². The van der Waals surface area contributed by atoms with Gasteiger partial charge in [0.25, 0.3) is 5.91 Å². The third-order valence-corrected chi connectivity index (χ3v) is 22.9. The van der Waals surface area contributed by atoms with Crippen LogP contribution in [0.4, 0.5) is 31.1 Å². The van der Waals surface area contributed by atoms with Crippen molar-refractivity contribution in [2.45, 2.75) is 124 Å². The highest BCUT2D eigenvalue weighted by molar-refractivity contribution is 8.16. The fourth-order valence-corrected chi connectivity index (χ4v) is 18.7. The average molecular weight is 1260 g/mol. The maximum atomic E-state index is 14.7. The number of aryl methyl sites for hydroxylation is 3. The van der Waals surface area contributed by atoms with E-state index in [0.717, 1.165) is 174 Å². The average Bonchev–Trinajstić information content (AvgIpc) is 1.69. The summed E-state index contributed by atoms with van der Waals surface area (Å²) in [6, 6.07) is 27.9. The molecule has 22 heteroatoms. The molecule has 1 N–H and O–H groups in total. The topological polar surface area (TPSA) is 117 Å². The zero-order valence-electron chi connectivity index (χ0n) is 48.3. The summed E-state index contributed by atoms with van der Waals surface area (Å²) in [5, 5.41) is 24.6. The lowest BCUT2D eigenvalue weighted by atomic mass is 9.86. The third-order valence-electron chi connectivity index (χ3n) is 17.6. The van der Waals surface area contributed by atoms with Gasteiger partial charge >= 0.3 is 6.03 Å². The van der Waals surface area contributed by atoms with Crippen LogP contribution in [0, 0.1) is 34.9 Å². The van der Waals surface area contributed by atoms with Crippen LogP contribution in [0.5, 0.6) is 0 Å². The number of nitrogens with zero attached hydrogens (tertiary/aromatic N) is 8. The molecule has 0 bridgehead atoms. The number of piperidine rings is 2. The molecule has 3 aliphatic carbocycles. The van der Waals surface area contributed by atoms with Crippen LogP contribution in [-0.4, -0.2) is 104 Å². The Morgan fingerprint density at radius 1 is 0.563 bits per heavy atom. The number of fused-ring (bicyclic) bond motifs is 6. The van der Waals surface area contributed by atoms with Gasteiger partial charge < -0.3 is 15.1 Å². The lowest BCUT2D eigenvalue weighted by Gasteiger charge is -2.43. The molecule has 2 fully saturated rings. The van der Waals surface area contributed by atoms with Gasteiger partial charge in [0.1, 0.15) is 64.6 Å². The summed E-state index contributed by atoms with van der Waals surface area (Å²) >= 11 is 5.76. The molecule has 0 radical (unpaired) electrons. The van der Waals surface area contributed by atoms with E-state index in [2.05, 4.69) is 44.7 Å². The van der Waals surface area contributed by atoms with E-state index in [9.17, 15) is 40.7 Å². The fourth-order valence-electron chi connectivity index (χ4n) is 13.2. The lowest BCUT2D eigenvalue weighted by Crippen LogP contribution is -2.52. The molecule has 3 spiro atoms. The summed E-state index contributed by atoms with van der Waals surface area (Å²) < 4.78 is 84.9. The summed E-state index contributed by atoms with van der Waals surface area (Å²) in [5.74, 6) is -3.48. The van der Waals surface area contributed by atoms with Gasteiger partial charge in [-0.25, -0.2) is 41.2 Å². The molecule has 2 saturated heterocycles. The quantitative estimate of drug-likeness (QED) is 0.170. The van der Waals surface area contributed by atoms with Crippen molar-refractivity contribution in [3.8, 4) is 0 Å². The van der Waals surface area contributed by atoms with E-state index in [-0.39, 0.29) is 46.6 Å². The standard InChI is InChI=1S/C25H28F2N4OS.C23H23F2N3OS.C17H14F2N2OS2/c1-29-14-11-19(12-15-29)30(2)24(32)31-25(13-5-7-17-6-3-4-8-21(17)25)33-23(28-31)20-16-18(26)9-10-22(20)27;24-16-10-11-19(25)17(14-16)21-27-28(22(29)20-9-3-4-13-26-20)23(30-21)12-5-7-15-6-1-2-8-18(15)23;1-10(22)21-17(7-2-3-15-13(17)6-8-23-15)24-16(20-21)12-9-11(18)4-5-14(12)19/h3-4,6,8-10,16,19H,5,7,11-15H2,1-2H3;1-2,6,8,10-11,14,20,26H,3-5,7,9,12-13H2;4-6,8-9H,2-3,7H2,1H3/t;20-,23?;/m.0./s1. The third kappa shape index (κ3) is 11.7. The highest BCUT2D eigenvalue weighted by Crippen LogP contribution is 2.57. The largest absolute Gasteiger partial charge is 0.342 e. The highest BCUT2D eigenvalue weighted by atomic mass is 32.2. The molecule has 87 heavy (non-hydrogen) atoms. The van der Waals surface area contributed by atoms with E-state index in [1.165, 1.54) is 63.2 Å². The number of likely N-dealkylation sites (tertiary alicyclic amines) is 1. The molecule has 5 aliphatic heterocycles. The van der Waals surface area contributed by atoms with E-state index in [1.807, 2.05) is 54.9 Å². The first kappa shape index (κ1) is 60.8. The summed E-state index contributed by atoms with van der Waals surface area (Å²) in [7, 11) is 3.93. The second kappa shape index (κ2) is 25.2. The predicted octanol–water partition coefficient (Wildman–Crippen LogP) is 14.0. The van der Waals surface area contributed by atoms with Gasteiger partial charge in [0.2, 0.25) is 5.91 Å². The molecular formula is C65H65F6N9O3S4. The molecular weight excluding hydrogens is 1200 g/mol. The Hall–Kier alpha value is -6.43. The number of benzene rings is 5. The first-order valence-corrected chi connectivity index (χ1v) is 32.9. The summed E-state index contributed by atoms with van der Waals surface area (Å²) in [6.07, 6.45) is 12.3. The van der Waals surface area contributed by atoms with Gasteiger partial charge in [0.05, 0.1) is 6.04 Å². The first-order valence-electron chi connectivity index (χ1n) is 29.5. The monoisotopic (exact) mass is 1260 g/mol. The van der Waals surface area contributed by atoms with Gasteiger partial charge in [-0.3, -0.25) is 9.59 Å². The molecule has 4 atom stereocenters. The van der Waals surface area contributed by atoms with Crippen LogP contribution < -0.4 is 5.32 Å². The molecule has 0 saturated carbocycles. The number of carbonyl (C=O) groups excluding carboxylic acids is 3. The summed E-state index contributed by atoms with van der Waals surface area (Å²) in [6.45, 7) is 4.13. The normalized spacial score (nSPS) is 24.1. The van der Waals surface area contributed by atoms with Crippen LogP contribution in [0.3, 0.4) is 0 Å². The number of rotatable bonds is 5. The minimum absolute atomic E-state index is 0.0919. The summed E-state index contributed by atoms with van der Waals surface area (Å²) in [5.41, 5.74) is 5.80. The molecule has 12 nitrogen and oxygen atoms in total. The number of urea groups is 1. The van der Waals surface area contributed by atoms with Gasteiger partial charge in [-0.2, -0.15) is 20.3 Å². The molecule has 3 unspecified atom stereocenters. The molecule has 5 aromatic carbocycles. The van der Waals surface area contributed by atoms with Gasteiger partial charge in [0, 0.05) is 47.1 Å². The van der Waals surface area contributed by atoms with Crippen LogP contribution in [-0.2, 0) is 43.5 Å². The van der Waals surface area contributed by atoms with Crippen molar-refractivity contribution in [3.63, 3.8) is 0 Å². The van der Waals surface area contributed by atoms with Gasteiger partial charge in [-0.15, -0.1) is 11.3 Å². The Labute approximate surface area is 518 Å². The van der Waals surface area contributed by atoms with Crippen molar-refractivity contribution in [1.29, 1.82) is 0 Å². The van der Waals surface area contributed by atoms with E-state index in [1.54, 1.807) is 26.3 Å². The van der Waals surface area contributed by atoms with Crippen molar-refractivity contribution in [2.75, 3.05) is 33.7 Å². The first-order chi connectivity index (χ1) is 42.0. The molecule has 454 valence electrons.